The van der Waals surface area contributed by atoms with E-state index in [4.69, 9.17) is 4.74 Å². The van der Waals surface area contributed by atoms with E-state index in [0.29, 0.717) is 18.5 Å². The number of aryl methyl sites for hydroxylation is 1. The Bertz CT molecular complexity index is 1030. The minimum Gasteiger partial charge on any atom is -0.377 e. The summed E-state index contributed by atoms with van der Waals surface area (Å²) in [4.78, 5) is 23.9. The Kier molecular flexibility index (Phi) is 5.26. The summed E-state index contributed by atoms with van der Waals surface area (Å²) in [6.07, 6.45) is 7.25. The Morgan fingerprint density at radius 2 is 2.10 bits per heavy atom. The van der Waals surface area contributed by atoms with E-state index in [1.165, 1.54) is 24.0 Å². The first-order valence-corrected chi connectivity index (χ1v) is 11.3. The van der Waals surface area contributed by atoms with Crippen molar-refractivity contribution in [3.05, 3.63) is 53.4 Å². The maximum Gasteiger partial charge on any atom is 0.224 e. The van der Waals surface area contributed by atoms with Crippen LogP contribution >= 0.6 is 0 Å². The zero-order chi connectivity index (χ0) is 21.5. The van der Waals surface area contributed by atoms with Gasteiger partial charge in [-0.05, 0) is 67.0 Å². The molecule has 0 unspecified atom stereocenters. The Morgan fingerprint density at radius 3 is 2.77 bits per heavy atom. The average Bonchev–Trinajstić information content (AvgIpc) is 3.60. The van der Waals surface area contributed by atoms with Gasteiger partial charge >= 0.3 is 0 Å². The number of amides is 1. The van der Waals surface area contributed by atoms with E-state index in [9.17, 15) is 4.79 Å². The molecule has 3 atom stereocenters. The Hall–Kier alpha value is -2.73. The number of nitrogens with one attached hydrogen (secondary N) is 1. The molecule has 0 bridgehead atoms. The monoisotopic (exact) mass is 418 g/mol. The lowest BCUT2D eigenvalue weighted by atomic mass is 9.79. The van der Waals surface area contributed by atoms with Crippen LogP contribution in [0, 0.1) is 18.8 Å². The molecule has 0 spiro atoms. The molecule has 6 nitrogen and oxygen atoms in total. The predicted molar refractivity (Wildman–Crippen MR) is 122 cm³/mol. The maximum absolute atomic E-state index is 12.8. The third-order valence-electron chi connectivity index (χ3n) is 6.84. The van der Waals surface area contributed by atoms with Crippen LogP contribution in [0.4, 0.5) is 11.6 Å². The Morgan fingerprint density at radius 1 is 1.26 bits per heavy atom. The molecule has 162 valence electrons. The molecule has 2 aromatic rings. The van der Waals surface area contributed by atoms with Gasteiger partial charge in [-0.15, -0.1) is 0 Å². The lowest BCUT2D eigenvalue weighted by Gasteiger charge is -2.46. The fourth-order valence-electron chi connectivity index (χ4n) is 5.21. The Labute approximate surface area is 183 Å². The molecule has 1 N–H and O–H groups in total. The second-order valence-electron chi connectivity index (χ2n) is 9.05. The van der Waals surface area contributed by atoms with Crippen molar-refractivity contribution in [2.45, 2.75) is 52.1 Å². The molecular weight excluding hydrogens is 388 g/mol. The number of fused-ring (bicyclic) bond motifs is 1. The predicted octanol–water partition coefficient (Wildman–Crippen LogP) is 4.52. The van der Waals surface area contributed by atoms with Crippen molar-refractivity contribution >= 4 is 23.1 Å². The number of hydrogen-bond donors (Lipinski definition) is 1. The number of benzene rings is 1. The summed E-state index contributed by atoms with van der Waals surface area (Å²) in [5.74, 6) is 1.57. The van der Waals surface area contributed by atoms with E-state index in [-0.39, 0.29) is 23.9 Å². The largest absolute Gasteiger partial charge is 0.377 e. The molecule has 0 radical (unpaired) electrons. The number of aromatic nitrogens is 2. The van der Waals surface area contributed by atoms with Gasteiger partial charge in [-0.2, -0.15) is 0 Å². The van der Waals surface area contributed by atoms with Gasteiger partial charge in [-0.1, -0.05) is 19.1 Å². The lowest BCUT2D eigenvalue weighted by molar-refractivity contribution is -0.117. The van der Waals surface area contributed by atoms with Gasteiger partial charge in [0.05, 0.1) is 19.3 Å². The molecule has 31 heavy (non-hydrogen) atoms. The van der Waals surface area contributed by atoms with Gasteiger partial charge < -0.3 is 15.0 Å². The van der Waals surface area contributed by atoms with Crippen LogP contribution in [0.15, 0.2) is 36.5 Å². The van der Waals surface area contributed by atoms with Gasteiger partial charge in [0, 0.05) is 36.5 Å². The molecule has 1 aliphatic carbocycles. The topological polar surface area (TPSA) is 67.3 Å². The molecule has 1 fully saturated rings. The van der Waals surface area contributed by atoms with E-state index in [0.717, 1.165) is 30.0 Å². The molecule has 1 saturated carbocycles. The molecule has 2 aliphatic heterocycles. The van der Waals surface area contributed by atoms with Gasteiger partial charge in [0.25, 0.3) is 0 Å². The van der Waals surface area contributed by atoms with E-state index in [1.807, 2.05) is 13.0 Å². The van der Waals surface area contributed by atoms with Gasteiger partial charge in [0.2, 0.25) is 11.9 Å². The maximum atomic E-state index is 12.8. The molecule has 3 aliphatic rings. The van der Waals surface area contributed by atoms with Gasteiger partial charge in [0.1, 0.15) is 0 Å². The number of nitrogens with zero attached hydrogens (tertiary/aromatic N) is 3. The van der Waals surface area contributed by atoms with Crippen molar-refractivity contribution < 1.29 is 9.53 Å². The van der Waals surface area contributed by atoms with Crippen molar-refractivity contribution in [3.63, 3.8) is 0 Å². The van der Waals surface area contributed by atoms with Crippen molar-refractivity contribution in [2.75, 3.05) is 23.4 Å². The first kappa shape index (κ1) is 20.2. The first-order chi connectivity index (χ1) is 15.0. The highest BCUT2D eigenvalue weighted by atomic mass is 16.5. The zero-order valence-corrected chi connectivity index (χ0v) is 18.5. The quantitative estimate of drug-likeness (QED) is 0.791. The van der Waals surface area contributed by atoms with Crippen LogP contribution in [0.2, 0.25) is 0 Å². The van der Waals surface area contributed by atoms with Crippen molar-refractivity contribution in [1.82, 2.24) is 9.97 Å². The van der Waals surface area contributed by atoms with E-state index < -0.39 is 0 Å². The third-order valence-corrected chi connectivity index (χ3v) is 6.84. The summed E-state index contributed by atoms with van der Waals surface area (Å²) < 4.78 is 5.50. The SMILES string of the molecule is CC(=O)N1c2ccc(C3=CCOCC3)cc2[C@H](Nc2nccc(C)n2)[C@@H](C)[C@@H]1C1CC1. The summed E-state index contributed by atoms with van der Waals surface area (Å²) in [6.45, 7) is 7.34. The number of carbonyl (C=O) groups excluding carboxylic acids is 1. The standard InChI is InChI=1S/C25H30N4O2/c1-15-8-11-26-25(27-15)28-23-16(2)24(19-4-5-19)29(17(3)30)22-7-6-20(14-21(22)23)18-9-12-31-13-10-18/h6-9,11,14,16,19,23-24H,4-5,10,12-13H2,1-3H3,(H,26,27,28)/t16-,23-,24-/m1/s1. The van der Waals surface area contributed by atoms with Crippen LogP contribution in [0.5, 0.6) is 0 Å². The van der Waals surface area contributed by atoms with Crippen molar-refractivity contribution in [2.24, 2.45) is 11.8 Å². The van der Waals surface area contributed by atoms with Gasteiger partial charge in [-0.25, -0.2) is 9.97 Å². The normalized spacial score (nSPS) is 25.6. The van der Waals surface area contributed by atoms with Crippen LogP contribution in [0.1, 0.15) is 56.0 Å². The van der Waals surface area contributed by atoms with E-state index in [1.54, 1.807) is 13.1 Å². The summed E-state index contributed by atoms with van der Waals surface area (Å²) in [5, 5.41) is 3.63. The number of rotatable bonds is 4. The summed E-state index contributed by atoms with van der Waals surface area (Å²) in [7, 11) is 0. The van der Waals surface area contributed by atoms with Gasteiger partial charge in [-0.3, -0.25) is 4.79 Å². The Balaban J connectivity index is 1.61. The zero-order valence-electron chi connectivity index (χ0n) is 18.5. The highest BCUT2D eigenvalue weighted by Crippen LogP contribution is 2.50. The molecule has 3 heterocycles. The molecule has 5 rings (SSSR count). The average molecular weight is 419 g/mol. The lowest BCUT2D eigenvalue weighted by Crippen LogP contribution is -2.51. The molecule has 6 heteroatoms. The smallest absolute Gasteiger partial charge is 0.224 e. The minimum atomic E-state index is 0.0402. The van der Waals surface area contributed by atoms with Gasteiger partial charge in [0.15, 0.2) is 0 Å². The molecule has 0 saturated heterocycles. The van der Waals surface area contributed by atoms with Crippen LogP contribution in [-0.4, -0.2) is 35.1 Å². The highest BCUT2D eigenvalue weighted by Gasteiger charge is 2.47. The highest BCUT2D eigenvalue weighted by molar-refractivity contribution is 5.94. The second kappa shape index (κ2) is 8.08. The second-order valence-corrected chi connectivity index (χ2v) is 9.05. The summed E-state index contributed by atoms with van der Waals surface area (Å²) in [5.41, 5.74) is 5.62. The van der Waals surface area contributed by atoms with Crippen LogP contribution in [0.25, 0.3) is 5.57 Å². The summed E-state index contributed by atoms with van der Waals surface area (Å²) >= 11 is 0. The molecule has 1 aromatic carbocycles. The van der Waals surface area contributed by atoms with Crippen molar-refractivity contribution in [3.8, 4) is 0 Å². The van der Waals surface area contributed by atoms with Crippen LogP contribution < -0.4 is 10.2 Å². The van der Waals surface area contributed by atoms with Crippen LogP contribution in [-0.2, 0) is 9.53 Å². The molecule has 1 amide bonds. The van der Waals surface area contributed by atoms with E-state index in [2.05, 4.69) is 51.4 Å². The van der Waals surface area contributed by atoms with Crippen molar-refractivity contribution in [1.29, 1.82) is 0 Å². The fourth-order valence-corrected chi connectivity index (χ4v) is 5.21. The number of anilines is 2. The fraction of sp³-hybridized carbons (Fsp3) is 0.480. The number of carbonyl (C=O) groups is 1. The number of ether oxygens (including phenoxy) is 1. The number of hydrogen-bond acceptors (Lipinski definition) is 5. The minimum absolute atomic E-state index is 0.0402. The molecular formula is C25H30N4O2. The summed E-state index contributed by atoms with van der Waals surface area (Å²) in [6, 6.07) is 8.69. The first-order valence-electron chi connectivity index (χ1n) is 11.3. The van der Waals surface area contributed by atoms with E-state index >= 15 is 0 Å². The van der Waals surface area contributed by atoms with Crippen LogP contribution in [0.3, 0.4) is 0 Å². The molecule has 1 aromatic heterocycles. The third kappa shape index (κ3) is 3.85.